The predicted octanol–water partition coefficient (Wildman–Crippen LogP) is 4.65. The Bertz CT molecular complexity index is 1120. The molecule has 0 bridgehead atoms. The van der Waals surface area contributed by atoms with Crippen molar-refractivity contribution in [1.82, 2.24) is 9.88 Å². The summed E-state index contributed by atoms with van der Waals surface area (Å²) in [4.78, 5) is 18.0. The molecule has 3 N–H and O–H groups in total. The standard InChI is InChI=1S/C26H27FN4O2/c1-2-25(32)31-14-6-7-18(17-31)30-24-12-13-29-16-22(24)26(28)21-11-10-20(15-23(21)27)33-19-8-4-3-5-9-19/h2-5,8-13,15-16,18,26H,1,6-7,14,17,28H2,(H,29,30). The number of nitrogens with one attached hydrogen (secondary N) is 1. The summed E-state index contributed by atoms with van der Waals surface area (Å²) in [7, 11) is 0. The molecule has 0 aliphatic carbocycles. The van der Waals surface area contributed by atoms with Crippen molar-refractivity contribution in [2.45, 2.75) is 24.9 Å². The zero-order valence-electron chi connectivity index (χ0n) is 18.3. The molecule has 1 amide bonds. The van der Waals surface area contributed by atoms with E-state index in [0.717, 1.165) is 18.5 Å². The first-order valence-corrected chi connectivity index (χ1v) is 10.9. The van der Waals surface area contributed by atoms with Gasteiger partial charge in [0.1, 0.15) is 17.3 Å². The summed E-state index contributed by atoms with van der Waals surface area (Å²) in [5.74, 6) is 0.497. The number of carbonyl (C=O) groups excluding carboxylic acids is 1. The van der Waals surface area contributed by atoms with Crippen LogP contribution in [0.1, 0.15) is 30.0 Å². The Kier molecular flexibility index (Phi) is 7.00. The van der Waals surface area contributed by atoms with Crippen LogP contribution in [0.25, 0.3) is 0 Å². The molecule has 1 saturated heterocycles. The normalized spacial score (nSPS) is 16.7. The smallest absolute Gasteiger partial charge is 0.246 e. The second kappa shape index (κ2) is 10.3. The van der Waals surface area contributed by atoms with Crippen molar-refractivity contribution in [2.24, 2.45) is 5.73 Å². The number of nitrogens with zero attached hydrogens (tertiary/aromatic N) is 2. The molecule has 33 heavy (non-hydrogen) atoms. The molecular weight excluding hydrogens is 419 g/mol. The van der Waals surface area contributed by atoms with Crippen LogP contribution in [0.4, 0.5) is 10.1 Å². The highest BCUT2D eigenvalue weighted by atomic mass is 19.1. The minimum Gasteiger partial charge on any atom is -0.457 e. The number of hydrogen-bond donors (Lipinski definition) is 2. The number of anilines is 1. The number of nitrogens with two attached hydrogens (primary N) is 1. The van der Waals surface area contributed by atoms with Crippen LogP contribution in [0.2, 0.25) is 0 Å². The first kappa shape index (κ1) is 22.5. The molecule has 7 heteroatoms. The molecule has 1 aliphatic heterocycles. The van der Waals surface area contributed by atoms with Crippen molar-refractivity contribution < 1.29 is 13.9 Å². The van der Waals surface area contributed by atoms with Crippen molar-refractivity contribution in [3.63, 3.8) is 0 Å². The number of halogens is 1. The van der Waals surface area contributed by atoms with Gasteiger partial charge in [-0.15, -0.1) is 0 Å². The summed E-state index contributed by atoms with van der Waals surface area (Å²) in [6, 6.07) is 15.0. The van der Waals surface area contributed by atoms with Crippen molar-refractivity contribution in [2.75, 3.05) is 18.4 Å². The van der Waals surface area contributed by atoms with E-state index in [2.05, 4.69) is 16.9 Å². The lowest BCUT2D eigenvalue weighted by molar-refractivity contribution is -0.127. The molecule has 4 rings (SSSR count). The molecule has 1 aromatic heterocycles. The zero-order valence-corrected chi connectivity index (χ0v) is 18.3. The van der Waals surface area contributed by atoms with Crippen LogP contribution in [0.3, 0.4) is 0 Å². The Labute approximate surface area is 192 Å². The highest BCUT2D eigenvalue weighted by Gasteiger charge is 2.24. The van der Waals surface area contributed by atoms with Gasteiger partial charge in [0, 0.05) is 54.4 Å². The summed E-state index contributed by atoms with van der Waals surface area (Å²) in [5.41, 5.74) is 8.29. The average Bonchev–Trinajstić information content (AvgIpc) is 2.84. The molecule has 1 fully saturated rings. The lowest BCUT2D eigenvalue weighted by Crippen LogP contribution is -2.44. The van der Waals surface area contributed by atoms with Gasteiger partial charge < -0.3 is 20.7 Å². The lowest BCUT2D eigenvalue weighted by Gasteiger charge is -2.33. The van der Waals surface area contributed by atoms with Gasteiger partial charge in [-0.25, -0.2) is 4.39 Å². The van der Waals surface area contributed by atoms with E-state index in [1.807, 2.05) is 24.3 Å². The van der Waals surface area contributed by atoms with Gasteiger partial charge in [0.25, 0.3) is 0 Å². The summed E-state index contributed by atoms with van der Waals surface area (Å²) < 4.78 is 20.7. The third-order valence-electron chi connectivity index (χ3n) is 5.74. The van der Waals surface area contributed by atoms with Gasteiger partial charge in [-0.2, -0.15) is 0 Å². The van der Waals surface area contributed by atoms with Crippen LogP contribution >= 0.6 is 0 Å². The van der Waals surface area contributed by atoms with Gasteiger partial charge in [-0.3, -0.25) is 9.78 Å². The van der Waals surface area contributed by atoms with Gasteiger partial charge in [-0.1, -0.05) is 30.8 Å². The fourth-order valence-corrected chi connectivity index (χ4v) is 4.05. The topological polar surface area (TPSA) is 80.5 Å². The van der Waals surface area contributed by atoms with Crippen LogP contribution in [0, 0.1) is 5.82 Å². The van der Waals surface area contributed by atoms with E-state index in [-0.39, 0.29) is 11.9 Å². The number of carbonyl (C=O) groups is 1. The molecular formula is C26H27FN4O2. The molecule has 2 unspecified atom stereocenters. The number of likely N-dealkylation sites (tertiary alicyclic amines) is 1. The molecule has 0 spiro atoms. The maximum absolute atomic E-state index is 15.0. The van der Waals surface area contributed by atoms with E-state index < -0.39 is 11.9 Å². The Morgan fingerprint density at radius 3 is 2.79 bits per heavy atom. The number of rotatable bonds is 7. The van der Waals surface area contributed by atoms with Gasteiger partial charge in [0.15, 0.2) is 0 Å². The van der Waals surface area contributed by atoms with E-state index in [4.69, 9.17) is 10.5 Å². The number of para-hydroxylation sites is 1. The minimum absolute atomic E-state index is 0.0579. The number of amides is 1. The van der Waals surface area contributed by atoms with E-state index in [0.29, 0.717) is 35.7 Å². The SMILES string of the molecule is C=CC(=O)N1CCCC(Nc2ccncc2C(N)c2ccc(Oc3ccccc3)cc2F)C1. The number of piperidine rings is 1. The molecule has 2 atom stereocenters. The predicted molar refractivity (Wildman–Crippen MR) is 127 cm³/mol. The first-order chi connectivity index (χ1) is 16.0. The molecule has 170 valence electrons. The number of hydrogen-bond acceptors (Lipinski definition) is 5. The van der Waals surface area contributed by atoms with E-state index in [9.17, 15) is 4.79 Å². The maximum Gasteiger partial charge on any atom is 0.246 e. The molecule has 6 nitrogen and oxygen atoms in total. The van der Waals surface area contributed by atoms with Crippen LogP contribution in [0.5, 0.6) is 11.5 Å². The second-order valence-corrected chi connectivity index (χ2v) is 8.01. The zero-order chi connectivity index (χ0) is 23.2. The lowest BCUT2D eigenvalue weighted by atomic mass is 9.98. The quantitative estimate of drug-likeness (QED) is 0.517. The van der Waals surface area contributed by atoms with Crippen molar-refractivity contribution in [3.05, 3.63) is 96.6 Å². The van der Waals surface area contributed by atoms with Crippen molar-refractivity contribution in [1.29, 1.82) is 0 Å². The first-order valence-electron chi connectivity index (χ1n) is 10.9. The summed E-state index contributed by atoms with van der Waals surface area (Å²) >= 11 is 0. The van der Waals surface area contributed by atoms with Gasteiger partial charge in [0.05, 0.1) is 6.04 Å². The van der Waals surface area contributed by atoms with Crippen molar-refractivity contribution >= 4 is 11.6 Å². The van der Waals surface area contributed by atoms with Crippen molar-refractivity contribution in [3.8, 4) is 11.5 Å². The number of benzene rings is 2. The summed E-state index contributed by atoms with van der Waals surface area (Å²) in [6.07, 6.45) is 6.46. The summed E-state index contributed by atoms with van der Waals surface area (Å²) in [5, 5.41) is 3.48. The fourth-order valence-electron chi connectivity index (χ4n) is 4.05. The van der Waals surface area contributed by atoms with Crippen LogP contribution in [-0.2, 0) is 4.79 Å². The third-order valence-corrected chi connectivity index (χ3v) is 5.74. The van der Waals surface area contributed by atoms with Crippen LogP contribution in [-0.4, -0.2) is 34.9 Å². The van der Waals surface area contributed by atoms with E-state index in [1.165, 1.54) is 12.1 Å². The maximum atomic E-state index is 15.0. The molecule has 2 aromatic carbocycles. The monoisotopic (exact) mass is 446 g/mol. The Hall–Kier alpha value is -3.71. The molecule has 0 saturated carbocycles. The Morgan fingerprint density at radius 1 is 1.21 bits per heavy atom. The molecule has 3 aromatic rings. The fraction of sp³-hybridized carbons (Fsp3) is 0.231. The molecule has 1 aliphatic rings. The highest BCUT2D eigenvalue weighted by molar-refractivity contribution is 5.87. The van der Waals surface area contributed by atoms with Gasteiger partial charge in [-0.05, 0) is 43.2 Å². The van der Waals surface area contributed by atoms with E-state index >= 15 is 4.39 Å². The van der Waals surface area contributed by atoms with Crippen LogP contribution < -0.4 is 15.8 Å². The van der Waals surface area contributed by atoms with Gasteiger partial charge >= 0.3 is 0 Å². The van der Waals surface area contributed by atoms with Crippen LogP contribution in [0.15, 0.2) is 79.6 Å². The number of aromatic nitrogens is 1. The Morgan fingerprint density at radius 2 is 2.03 bits per heavy atom. The summed E-state index contributed by atoms with van der Waals surface area (Å²) in [6.45, 7) is 4.86. The number of ether oxygens (including phenoxy) is 1. The second-order valence-electron chi connectivity index (χ2n) is 8.01. The average molecular weight is 447 g/mol. The molecule has 0 radical (unpaired) electrons. The van der Waals surface area contributed by atoms with Gasteiger partial charge in [0.2, 0.25) is 5.91 Å². The number of pyridine rings is 1. The Balaban J connectivity index is 1.51. The third kappa shape index (κ3) is 5.38. The van der Waals surface area contributed by atoms with E-state index in [1.54, 1.807) is 41.6 Å². The minimum atomic E-state index is -0.721. The highest BCUT2D eigenvalue weighted by Crippen LogP contribution is 2.31. The molecule has 2 heterocycles. The largest absolute Gasteiger partial charge is 0.457 e.